The number of carbonyl (C=O) groups excluding carboxylic acids is 3. The fourth-order valence-corrected chi connectivity index (χ4v) is 5.70. The monoisotopic (exact) mass is 662 g/mol. The van der Waals surface area contributed by atoms with Gasteiger partial charge >= 0.3 is 5.97 Å². The Balaban J connectivity index is 2.71. The molecule has 1 heterocycles. The highest BCUT2D eigenvalue weighted by molar-refractivity contribution is 6.74. The highest BCUT2D eigenvalue weighted by Gasteiger charge is 2.38. The second kappa shape index (κ2) is 18.9. The first-order chi connectivity index (χ1) is 20.9. The second-order valence-electron chi connectivity index (χ2n) is 13.3. The lowest BCUT2D eigenvalue weighted by Gasteiger charge is -2.39. The van der Waals surface area contributed by atoms with Crippen LogP contribution >= 0.6 is 11.6 Å². The number of hydrogen-bond donors (Lipinski definition) is 2. The fraction of sp³-hybridized carbons (Fsp3) is 0.571. The third-order valence-corrected chi connectivity index (χ3v) is 12.7. The summed E-state index contributed by atoms with van der Waals surface area (Å²) in [5.74, 6) is -0.991. The Kier molecular flexibility index (Phi) is 16.9. The molecule has 2 N–H and O–H groups in total. The minimum absolute atomic E-state index is 0.00201. The topological polar surface area (TPSA) is 103 Å². The zero-order valence-corrected chi connectivity index (χ0v) is 30.8. The van der Waals surface area contributed by atoms with Gasteiger partial charge in [-0.05, 0) is 63.0 Å². The molecule has 4 atom stereocenters. The van der Waals surface area contributed by atoms with Crippen molar-refractivity contribution in [1.29, 1.82) is 0 Å². The zero-order chi connectivity index (χ0) is 34.4. The normalized spacial score (nSPS) is 19.1. The molecule has 10 heteroatoms. The predicted molar refractivity (Wildman–Crippen MR) is 186 cm³/mol. The number of rotatable bonds is 16. The van der Waals surface area contributed by atoms with Crippen LogP contribution < -0.4 is 10.6 Å². The number of nitrogens with one attached hydrogen (secondary N) is 2. The van der Waals surface area contributed by atoms with Gasteiger partial charge in [0, 0.05) is 23.4 Å². The molecule has 0 aromatic carbocycles. The maximum absolute atomic E-state index is 12.9. The lowest BCUT2D eigenvalue weighted by atomic mass is 9.97. The first kappa shape index (κ1) is 40.1. The molecular weight excluding hydrogens is 608 g/mol. The van der Waals surface area contributed by atoms with E-state index in [-0.39, 0.29) is 46.7 Å². The number of hydrogen-bond acceptors (Lipinski definition) is 6. The summed E-state index contributed by atoms with van der Waals surface area (Å²) in [5.41, 5.74) is 0.960. The average Bonchev–Trinajstić information content (AvgIpc) is 2.93. The van der Waals surface area contributed by atoms with Crippen LogP contribution in [0, 0.1) is 11.8 Å². The first-order valence-electron chi connectivity index (χ1n) is 15.6. The van der Waals surface area contributed by atoms with E-state index in [2.05, 4.69) is 44.5 Å². The summed E-state index contributed by atoms with van der Waals surface area (Å²) in [7, 11) is -0.544. The van der Waals surface area contributed by atoms with Crippen LogP contribution in [0.5, 0.6) is 0 Å². The summed E-state index contributed by atoms with van der Waals surface area (Å²) in [6.07, 6.45) is 17.4. The number of cyclic esters (lactones) is 1. The minimum Gasteiger partial charge on any atom is -0.490 e. The number of esters is 1. The van der Waals surface area contributed by atoms with Gasteiger partial charge in [-0.3, -0.25) is 9.59 Å². The summed E-state index contributed by atoms with van der Waals surface area (Å²) in [4.78, 5) is 37.5. The Bertz CT molecular complexity index is 1190. The number of ether oxygens (including phenoxy) is 2. The van der Waals surface area contributed by atoms with Crippen molar-refractivity contribution in [2.75, 3.05) is 7.11 Å². The van der Waals surface area contributed by atoms with Crippen LogP contribution in [-0.2, 0) is 28.3 Å². The van der Waals surface area contributed by atoms with E-state index in [1.54, 1.807) is 24.4 Å². The van der Waals surface area contributed by atoms with Crippen LogP contribution in [0.25, 0.3) is 0 Å². The smallest absolute Gasteiger partial charge is 0.373 e. The van der Waals surface area contributed by atoms with Gasteiger partial charge in [-0.1, -0.05) is 95.2 Å². The second-order valence-corrected chi connectivity index (χ2v) is 18.7. The van der Waals surface area contributed by atoms with Crippen molar-refractivity contribution in [3.05, 3.63) is 71.2 Å². The van der Waals surface area contributed by atoms with Crippen molar-refractivity contribution in [2.45, 2.75) is 111 Å². The Morgan fingerprint density at radius 1 is 1.13 bits per heavy atom. The largest absolute Gasteiger partial charge is 0.490 e. The van der Waals surface area contributed by atoms with E-state index in [9.17, 15) is 14.4 Å². The lowest BCUT2D eigenvalue weighted by Crippen LogP contribution is -2.48. The van der Waals surface area contributed by atoms with Crippen LogP contribution in [-0.4, -0.2) is 51.5 Å². The molecule has 0 unspecified atom stereocenters. The molecule has 1 aliphatic rings. The van der Waals surface area contributed by atoms with Gasteiger partial charge in [0.05, 0.1) is 13.2 Å². The van der Waals surface area contributed by atoms with Crippen LogP contribution in [0.2, 0.25) is 18.1 Å². The third-order valence-electron chi connectivity index (χ3n) is 7.96. The Morgan fingerprint density at radius 3 is 2.33 bits per heavy atom. The zero-order valence-electron chi connectivity index (χ0n) is 29.0. The van der Waals surface area contributed by atoms with Gasteiger partial charge in [0.25, 0.3) is 0 Å². The maximum atomic E-state index is 12.9. The molecule has 1 aliphatic heterocycles. The Hall–Kier alpha value is -2.88. The molecule has 0 saturated carbocycles. The molecule has 1 rings (SSSR count). The van der Waals surface area contributed by atoms with E-state index >= 15 is 0 Å². The van der Waals surface area contributed by atoms with Gasteiger partial charge in [0.1, 0.15) is 12.1 Å². The van der Waals surface area contributed by atoms with E-state index in [0.29, 0.717) is 19.3 Å². The number of halogens is 1. The van der Waals surface area contributed by atoms with Crippen molar-refractivity contribution in [1.82, 2.24) is 10.6 Å². The summed E-state index contributed by atoms with van der Waals surface area (Å²) in [6, 6.07) is -0.703. The predicted octanol–water partition coefficient (Wildman–Crippen LogP) is 7.61. The third kappa shape index (κ3) is 14.8. The molecular formula is C35H55ClN2O6Si. The molecule has 0 saturated heterocycles. The Labute approximate surface area is 277 Å². The average molecular weight is 663 g/mol. The number of allylic oxidation sites excluding steroid dienone is 5. The van der Waals surface area contributed by atoms with Crippen LogP contribution in [0.4, 0.5) is 0 Å². The van der Waals surface area contributed by atoms with Crippen molar-refractivity contribution >= 4 is 37.7 Å². The SMILES string of the molecule is COC1=CC[C@@H]([C@@H](C)/C=C(C)/C=C\C=C/C(=O)N[C@H](C(=O)N/C=C\C[C@H](C/C=C(\C)Cl)O[Si](C)(C)C(C)(C)C)C(C)C)OC1=O. The fourth-order valence-electron chi connectivity index (χ4n) is 4.23. The van der Waals surface area contributed by atoms with Crippen molar-refractivity contribution in [2.24, 2.45) is 11.8 Å². The van der Waals surface area contributed by atoms with Crippen LogP contribution in [0.1, 0.15) is 74.7 Å². The van der Waals surface area contributed by atoms with Gasteiger partial charge in [0.2, 0.25) is 11.8 Å². The maximum Gasteiger partial charge on any atom is 0.373 e. The minimum atomic E-state index is -1.99. The molecule has 0 radical (unpaired) electrons. The van der Waals surface area contributed by atoms with Gasteiger partial charge in [-0.2, -0.15) is 0 Å². The molecule has 0 aromatic heterocycles. The number of methoxy groups -OCH3 is 1. The molecule has 2 amide bonds. The van der Waals surface area contributed by atoms with Crippen molar-refractivity contribution in [3.63, 3.8) is 0 Å². The Morgan fingerprint density at radius 2 is 1.78 bits per heavy atom. The van der Waals surface area contributed by atoms with Gasteiger partial charge < -0.3 is 24.5 Å². The molecule has 252 valence electrons. The van der Waals surface area contributed by atoms with Crippen molar-refractivity contribution < 1.29 is 28.3 Å². The molecule has 0 bridgehead atoms. The summed E-state index contributed by atoms with van der Waals surface area (Å²) >= 11 is 6.08. The molecule has 0 aliphatic carbocycles. The number of amides is 2. The van der Waals surface area contributed by atoms with E-state index < -0.39 is 20.3 Å². The standard InChI is InChI=1S/C35H55ClN2O6Si/c1-24(2)32(33(40)37-22-14-16-28(19-18-27(5)36)44-45(10,11)35(6,7)8)38-31(39)17-13-12-15-25(3)23-26(4)29-20-21-30(42-9)34(41)43-29/h12-15,17-18,21-24,26,28-29,32H,16,19-20H2,1-11H3,(H,37,40)(H,38,39)/b15-12-,17-13-,22-14-,25-23+,27-18+/t26-,28+,29-,32-/m0/s1. The van der Waals surface area contributed by atoms with Crippen molar-refractivity contribution in [3.8, 4) is 0 Å². The van der Waals surface area contributed by atoms with Crippen LogP contribution in [0.3, 0.4) is 0 Å². The van der Waals surface area contributed by atoms with E-state index in [1.807, 2.05) is 58.9 Å². The van der Waals surface area contributed by atoms with E-state index in [1.165, 1.54) is 13.2 Å². The molecule has 45 heavy (non-hydrogen) atoms. The summed E-state index contributed by atoms with van der Waals surface area (Å²) in [5, 5.41) is 6.40. The van der Waals surface area contributed by atoms with Crippen LogP contribution in [0.15, 0.2) is 71.2 Å². The summed E-state index contributed by atoms with van der Waals surface area (Å²) < 4.78 is 17.0. The van der Waals surface area contributed by atoms with Gasteiger partial charge in [0.15, 0.2) is 14.1 Å². The quantitative estimate of drug-likeness (QED) is 0.0763. The van der Waals surface area contributed by atoms with E-state index in [0.717, 1.165) is 10.6 Å². The molecule has 8 nitrogen and oxygen atoms in total. The molecule has 0 aromatic rings. The highest BCUT2D eigenvalue weighted by atomic mass is 35.5. The lowest BCUT2D eigenvalue weighted by molar-refractivity contribution is -0.151. The van der Waals surface area contributed by atoms with E-state index in [4.69, 9.17) is 25.5 Å². The van der Waals surface area contributed by atoms with Gasteiger partial charge in [-0.25, -0.2) is 4.79 Å². The molecule has 0 fully saturated rings. The molecule has 0 spiro atoms. The first-order valence-corrected chi connectivity index (χ1v) is 18.9. The number of carbonyl (C=O) groups is 3. The van der Waals surface area contributed by atoms with Gasteiger partial charge in [-0.15, -0.1) is 0 Å². The highest BCUT2D eigenvalue weighted by Crippen LogP contribution is 2.38. The summed E-state index contributed by atoms with van der Waals surface area (Å²) in [6.45, 7) is 20.6.